The highest BCUT2D eigenvalue weighted by atomic mass is 16.4. The third-order valence-electron chi connectivity index (χ3n) is 5.59. The molecular formula is C24H24N6O3. The number of tetrazole rings is 1. The third-order valence-corrected chi connectivity index (χ3v) is 5.59. The number of aromatic nitrogens is 6. The highest BCUT2D eigenvalue weighted by Gasteiger charge is 2.15. The fourth-order valence-corrected chi connectivity index (χ4v) is 3.90. The molecule has 2 N–H and O–H groups in total. The number of carbonyl (C=O) groups is 1. The quantitative estimate of drug-likeness (QED) is 0.428. The van der Waals surface area contributed by atoms with E-state index < -0.39 is 5.97 Å². The van der Waals surface area contributed by atoms with Gasteiger partial charge >= 0.3 is 5.97 Å². The minimum absolute atomic E-state index is 0.0992. The second-order valence-corrected chi connectivity index (χ2v) is 7.72. The Hall–Kier alpha value is -4.14. The monoisotopic (exact) mass is 444 g/mol. The normalized spacial score (nSPS) is 11.0. The second-order valence-electron chi connectivity index (χ2n) is 7.72. The van der Waals surface area contributed by atoms with Gasteiger partial charge in [0.2, 0.25) is 0 Å². The highest BCUT2D eigenvalue weighted by molar-refractivity contribution is 5.80. The van der Waals surface area contributed by atoms with Gasteiger partial charge in [-0.1, -0.05) is 55.5 Å². The average molecular weight is 444 g/mol. The first-order valence-electron chi connectivity index (χ1n) is 10.7. The lowest BCUT2D eigenvalue weighted by Crippen LogP contribution is -2.30. The summed E-state index contributed by atoms with van der Waals surface area (Å²) >= 11 is 0. The van der Waals surface area contributed by atoms with Crippen LogP contribution in [0.15, 0.2) is 53.3 Å². The van der Waals surface area contributed by atoms with Crippen LogP contribution < -0.4 is 5.56 Å². The number of hydrogen-bond donors (Lipinski definition) is 2. The number of hydrogen-bond acceptors (Lipinski definition) is 6. The molecule has 0 atom stereocenters. The summed E-state index contributed by atoms with van der Waals surface area (Å²) in [7, 11) is 0. The number of nitrogens with one attached hydrogen (secondary N) is 1. The third kappa shape index (κ3) is 4.72. The standard InChI is InChI=1S/C24H24N6O3/c1-3-21-25-15(2)18(12-13-22(31)32)24(33)30(21)14-16-8-10-17(11-9-16)19-6-4-5-7-20(19)23-26-28-29-27-23/h4-11H,3,12-14H2,1-2H3,(H,31,32)(H,26,27,28,29). The molecule has 0 aliphatic carbocycles. The first-order valence-corrected chi connectivity index (χ1v) is 10.7. The van der Waals surface area contributed by atoms with Crippen molar-refractivity contribution in [2.75, 3.05) is 0 Å². The molecule has 2 aromatic carbocycles. The zero-order valence-corrected chi connectivity index (χ0v) is 18.4. The molecule has 0 radical (unpaired) electrons. The van der Waals surface area contributed by atoms with Gasteiger partial charge < -0.3 is 5.11 Å². The summed E-state index contributed by atoms with van der Waals surface area (Å²) in [5.74, 6) is 0.342. The first kappa shape index (κ1) is 22.1. The molecule has 0 saturated carbocycles. The van der Waals surface area contributed by atoms with Gasteiger partial charge in [-0.2, -0.15) is 0 Å². The first-order chi connectivity index (χ1) is 16.0. The van der Waals surface area contributed by atoms with E-state index in [9.17, 15) is 9.59 Å². The van der Waals surface area contributed by atoms with Gasteiger partial charge in [0.25, 0.3) is 5.56 Å². The fourth-order valence-electron chi connectivity index (χ4n) is 3.90. The smallest absolute Gasteiger partial charge is 0.303 e. The molecule has 0 aliphatic rings. The molecule has 9 nitrogen and oxygen atoms in total. The molecule has 0 unspecified atom stereocenters. The van der Waals surface area contributed by atoms with Gasteiger partial charge in [0.15, 0.2) is 5.82 Å². The van der Waals surface area contributed by atoms with E-state index in [1.165, 1.54) is 0 Å². The lowest BCUT2D eigenvalue weighted by molar-refractivity contribution is -0.136. The van der Waals surface area contributed by atoms with Crippen LogP contribution in [0.3, 0.4) is 0 Å². The van der Waals surface area contributed by atoms with Crippen LogP contribution in [0.2, 0.25) is 0 Å². The molecular weight excluding hydrogens is 420 g/mol. The van der Waals surface area contributed by atoms with Crippen molar-refractivity contribution in [2.24, 2.45) is 0 Å². The Morgan fingerprint density at radius 3 is 2.45 bits per heavy atom. The van der Waals surface area contributed by atoms with E-state index in [0.717, 1.165) is 22.3 Å². The molecule has 2 heterocycles. The van der Waals surface area contributed by atoms with Crippen LogP contribution in [-0.2, 0) is 24.2 Å². The molecule has 0 saturated heterocycles. The van der Waals surface area contributed by atoms with Crippen LogP contribution in [0, 0.1) is 6.92 Å². The van der Waals surface area contributed by atoms with Gasteiger partial charge in [-0.15, -0.1) is 5.10 Å². The number of aryl methyl sites for hydroxylation is 2. The molecule has 0 spiro atoms. The number of aliphatic carboxylic acids is 1. The minimum atomic E-state index is -0.933. The molecule has 168 valence electrons. The van der Waals surface area contributed by atoms with E-state index >= 15 is 0 Å². The van der Waals surface area contributed by atoms with Crippen LogP contribution >= 0.6 is 0 Å². The Balaban J connectivity index is 1.65. The Labute approximate surface area is 190 Å². The van der Waals surface area contributed by atoms with Gasteiger partial charge in [0, 0.05) is 29.7 Å². The largest absolute Gasteiger partial charge is 0.481 e. The molecule has 0 aliphatic heterocycles. The summed E-state index contributed by atoms with van der Waals surface area (Å²) in [4.78, 5) is 28.7. The zero-order valence-electron chi connectivity index (χ0n) is 18.4. The predicted octanol–water partition coefficient (Wildman–Crippen LogP) is 3.03. The number of rotatable bonds is 8. The van der Waals surface area contributed by atoms with Gasteiger partial charge in [0.05, 0.1) is 6.54 Å². The Morgan fingerprint density at radius 2 is 1.82 bits per heavy atom. The van der Waals surface area contributed by atoms with Crippen molar-refractivity contribution in [1.82, 2.24) is 30.2 Å². The fraction of sp³-hybridized carbons (Fsp3) is 0.250. The highest BCUT2D eigenvalue weighted by Crippen LogP contribution is 2.29. The van der Waals surface area contributed by atoms with E-state index in [2.05, 4.69) is 25.6 Å². The molecule has 33 heavy (non-hydrogen) atoms. The summed E-state index contributed by atoms with van der Waals surface area (Å²) in [6.45, 7) is 4.08. The SMILES string of the molecule is CCc1nc(C)c(CCC(=O)O)c(=O)n1Cc1ccc(-c2ccccc2-c2nnn[nH]2)cc1. The summed E-state index contributed by atoms with van der Waals surface area (Å²) < 4.78 is 1.65. The van der Waals surface area contributed by atoms with Crippen molar-refractivity contribution < 1.29 is 9.90 Å². The number of carboxylic acids is 1. The van der Waals surface area contributed by atoms with Crippen molar-refractivity contribution in [3.8, 4) is 22.5 Å². The van der Waals surface area contributed by atoms with Crippen LogP contribution in [0.4, 0.5) is 0 Å². The lowest BCUT2D eigenvalue weighted by Gasteiger charge is -2.15. The van der Waals surface area contributed by atoms with E-state index in [1.807, 2.05) is 55.5 Å². The van der Waals surface area contributed by atoms with Gasteiger partial charge in [0.1, 0.15) is 5.82 Å². The van der Waals surface area contributed by atoms with Crippen molar-refractivity contribution >= 4 is 5.97 Å². The van der Waals surface area contributed by atoms with E-state index in [-0.39, 0.29) is 18.4 Å². The van der Waals surface area contributed by atoms with Crippen molar-refractivity contribution in [1.29, 1.82) is 0 Å². The number of carboxylic acid groups (broad SMARTS) is 1. The van der Waals surface area contributed by atoms with Crippen LogP contribution in [0.1, 0.15) is 36.0 Å². The van der Waals surface area contributed by atoms with E-state index in [4.69, 9.17) is 5.11 Å². The minimum Gasteiger partial charge on any atom is -0.481 e. The van der Waals surface area contributed by atoms with Crippen LogP contribution in [-0.4, -0.2) is 41.3 Å². The summed E-state index contributed by atoms with van der Waals surface area (Å²) in [6.07, 6.45) is 0.674. The molecule has 4 rings (SSSR count). The van der Waals surface area contributed by atoms with E-state index in [0.29, 0.717) is 35.9 Å². The number of benzene rings is 2. The molecule has 0 fully saturated rings. The molecule has 4 aromatic rings. The Morgan fingerprint density at radius 1 is 1.09 bits per heavy atom. The van der Waals surface area contributed by atoms with E-state index in [1.54, 1.807) is 11.5 Å². The van der Waals surface area contributed by atoms with Crippen molar-refractivity contribution in [3.63, 3.8) is 0 Å². The van der Waals surface area contributed by atoms with Crippen molar-refractivity contribution in [2.45, 2.75) is 39.7 Å². The maximum Gasteiger partial charge on any atom is 0.303 e. The predicted molar refractivity (Wildman–Crippen MR) is 123 cm³/mol. The number of nitrogens with zero attached hydrogens (tertiary/aromatic N) is 5. The maximum atomic E-state index is 13.2. The maximum absolute atomic E-state index is 13.2. The molecule has 2 aromatic heterocycles. The number of H-pyrrole nitrogens is 1. The van der Waals surface area contributed by atoms with Crippen LogP contribution in [0.25, 0.3) is 22.5 Å². The van der Waals surface area contributed by atoms with Gasteiger partial charge in [-0.3, -0.25) is 14.2 Å². The Kier molecular flexibility index (Phi) is 6.39. The molecule has 9 heteroatoms. The topological polar surface area (TPSA) is 127 Å². The summed E-state index contributed by atoms with van der Waals surface area (Å²) in [6, 6.07) is 15.8. The van der Waals surface area contributed by atoms with Crippen molar-refractivity contribution in [3.05, 3.63) is 81.5 Å². The van der Waals surface area contributed by atoms with Gasteiger partial charge in [-0.05, 0) is 40.5 Å². The van der Waals surface area contributed by atoms with Crippen LogP contribution in [0.5, 0.6) is 0 Å². The summed E-state index contributed by atoms with van der Waals surface area (Å²) in [5, 5.41) is 23.2. The second kappa shape index (κ2) is 9.56. The lowest BCUT2D eigenvalue weighted by atomic mass is 9.98. The summed E-state index contributed by atoms with van der Waals surface area (Å²) in [5.41, 5.74) is 4.71. The Bertz CT molecular complexity index is 1330. The number of aromatic amines is 1. The average Bonchev–Trinajstić information content (AvgIpc) is 3.36. The zero-order chi connectivity index (χ0) is 23.4. The molecule has 0 bridgehead atoms. The molecule has 0 amide bonds. The van der Waals surface area contributed by atoms with Gasteiger partial charge in [-0.25, -0.2) is 10.1 Å².